The maximum absolute atomic E-state index is 11.8. The number of hydrazone groups is 1. The Hall–Kier alpha value is -2.20. The third-order valence-electron chi connectivity index (χ3n) is 2.46. The third-order valence-corrected chi connectivity index (χ3v) is 2.76. The zero-order valence-electron chi connectivity index (χ0n) is 10.3. The van der Waals surface area contributed by atoms with Crippen LogP contribution >= 0.6 is 11.6 Å². The van der Waals surface area contributed by atoms with E-state index in [-0.39, 0.29) is 11.1 Å². The molecule has 2 aromatic rings. The summed E-state index contributed by atoms with van der Waals surface area (Å²) in [6, 6.07) is 11.0. The quantitative estimate of drug-likeness (QED) is 0.531. The number of amides is 1. The number of carbonyl (C=O) groups excluding carboxylic acids is 1. The van der Waals surface area contributed by atoms with Gasteiger partial charge in [0.15, 0.2) is 0 Å². The van der Waals surface area contributed by atoms with Gasteiger partial charge >= 0.3 is 0 Å². The Morgan fingerprint density at radius 2 is 2.05 bits per heavy atom. The lowest BCUT2D eigenvalue weighted by Crippen LogP contribution is -2.18. The molecule has 96 valence electrons. The van der Waals surface area contributed by atoms with Gasteiger partial charge in [-0.15, -0.1) is 0 Å². The summed E-state index contributed by atoms with van der Waals surface area (Å²) >= 11 is 5.81. The number of pyridine rings is 1. The Morgan fingerprint density at radius 3 is 2.74 bits per heavy atom. The van der Waals surface area contributed by atoms with Gasteiger partial charge in [-0.2, -0.15) is 5.10 Å². The van der Waals surface area contributed by atoms with Gasteiger partial charge in [-0.05, 0) is 24.6 Å². The smallest absolute Gasteiger partial charge is 0.267 e. The fourth-order valence-corrected chi connectivity index (χ4v) is 1.64. The van der Waals surface area contributed by atoms with E-state index in [1.807, 2.05) is 31.2 Å². The average molecular weight is 274 g/mol. The van der Waals surface area contributed by atoms with Gasteiger partial charge in [0.05, 0.1) is 11.8 Å². The number of aryl methyl sites for hydroxylation is 1. The Morgan fingerprint density at radius 1 is 1.32 bits per heavy atom. The summed E-state index contributed by atoms with van der Waals surface area (Å²) in [7, 11) is 0. The molecule has 0 aliphatic heterocycles. The van der Waals surface area contributed by atoms with Crippen LogP contribution in [0.25, 0.3) is 0 Å². The van der Waals surface area contributed by atoms with Crippen molar-refractivity contribution in [1.29, 1.82) is 0 Å². The lowest BCUT2D eigenvalue weighted by Gasteiger charge is -2.00. The molecule has 19 heavy (non-hydrogen) atoms. The van der Waals surface area contributed by atoms with E-state index in [4.69, 9.17) is 11.6 Å². The van der Waals surface area contributed by atoms with E-state index in [0.29, 0.717) is 5.56 Å². The molecule has 0 radical (unpaired) electrons. The monoisotopic (exact) mass is 273 g/mol. The van der Waals surface area contributed by atoms with Crippen LogP contribution in [0.4, 0.5) is 0 Å². The first kappa shape index (κ1) is 13.2. The second-order valence-electron chi connectivity index (χ2n) is 3.95. The van der Waals surface area contributed by atoms with Crippen molar-refractivity contribution in [1.82, 2.24) is 10.4 Å². The summed E-state index contributed by atoms with van der Waals surface area (Å²) in [5, 5.41) is 4.04. The van der Waals surface area contributed by atoms with Crippen molar-refractivity contribution in [3.63, 3.8) is 0 Å². The molecule has 2 rings (SSSR count). The second kappa shape index (κ2) is 6.11. The second-order valence-corrected chi connectivity index (χ2v) is 4.31. The molecular weight excluding hydrogens is 262 g/mol. The van der Waals surface area contributed by atoms with Gasteiger partial charge in [-0.25, -0.2) is 10.4 Å². The molecular formula is C14H12ClN3O. The SMILES string of the molecule is Cc1ccc(/C=N/NC(=O)c2cccnc2Cl)cc1. The minimum atomic E-state index is -0.388. The maximum atomic E-state index is 11.8. The number of nitrogens with one attached hydrogen (secondary N) is 1. The zero-order chi connectivity index (χ0) is 13.7. The van der Waals surface area contributed by atoms with Crippen molar-refractivity contribution in [2.45, 2.75) is 6.92 Å². The number of nitrogens with zero attached hydrogens (tertiary/aromatic N) is 2. The largest absolute Gasteiger partial charge is 0.274 e. The van der Waals surface area contributed by atoms with Crippen LogP contribution in [0.3, 0.4) is 0 Å². The van der Waals surface area contributed by atoms with Gasteiger partial charge in [0.2, 0.25) is 0 Å². The van der Waals surface area contributed by atoms with E-state index in [1.54, 1.807) is 18.3 Å². The topological polar surface area (TPSA) is 54.4 Å². The first-order valence-electron chi connectivity index (χ1n) is 5.67. The van der Waals surface area contributed by atoms with E-state index in [0.717, 1.165) is 5.56 Å². The Kier molecular flexibility index (Phi) is 4.26. The van der Waals surface area contributed by atoms with Crippen LogP contribution in [0.2, 0.25) is 5.15 Å². The number of rotatable bonds is 3. The predicted octanol–water partition coefficient (Wildman–Crippen LogP) is 2.81. The van der Waals surface area contributed by atoms with Crippen molar-refractivity contribution < 1.29 is 4.79 Å². The molecule has 0 saturated carbocycles. The zero-order valence-corrected chi connectivity index (χ0v) is 11.1. The highest BCUT2D eigenvalue weighted by Crippen LogP contribution is 2.10. The highest BCUT2D eigenvalue weighted by Gasteiger charge is 2.08. The molecule has 4 nitrogen and oxygen atoms in total. The number of aromatic nitrogens is 1. The van der Waals surface area contributed by atoms with Crippen molar-refractivity contribution in [3.05, 3.63) is 64.4 Å². The van der Waals surface area contributed by atoms with E-state index < -0.39 is 0 Å². The molecule has 0 spiro atoms. The van der Waals surface area contributed by atoms with Crippen LogP contribution in [0.5, 0.6) is 0 Å². The fraction of sp³-hybridized carbons (Fsp3) is 0.0714. The van der Waals surface area contributed by atoms with Gasteiger partial charge in [0.1, 0.15) is 5.15 Å². The Balaban J connectivity index is 2.01. The molecule has 1 aromatic heterocycles. The highest BCUT2D eigenvalue weighted by molar-refractivity contribution is 6.32. The van der Waals surface area contributed by atoms with Crippen LogP contribution in [0.15, 0.2) is 47.7 Å². The third kappa shape index (κ3) is 3.63. The first-order valence-corrected chi connectivity index (χ1v) is 6.05. The number of halogens is 1. The van der Waals surface area contributed by atoms with Crippen molar-refractivity contribution in [3.8, 4) is 0 Å². The molecule has 1 amide bonds. The van der Waals surface area contributed by atoms with Crippen LogP contribution < -0.4 is 5.43 Å². The molecule has 1 heterocycles. The molecule has 5 heteroatoms. The maximum Gasteiger partial charge on any atom is 0.274 e. The molecule has 1 N–H and O–H groups in total. The van der Waals surface area contributed by atoms with Gasteiger partial charge < -0.3 is 0 Å². The molecule has 0 fully saturated rings. The van der Waals surface area contributed by atoms with Crippen LogP contribution in [-0.4, -0.2) is 17.1 Å². The summed E-state index contributed by atoms with van der Waals surface area (Å²) in [5.74, 6) is -0.388. The number of carbonyl (C=O) groups is 1. The van der Waals surface area contributed by atoms with Gasteiger partial charge in [-0.3, -0.25) is 4.79 Å². The minimum Gasteiger partial charge on any atom is -0.267 e. The standard InChI is InChI=1S/C14H12ClN3O/c1-10-4-6-11(7-5-10)9-17-18-14(19)12-3-2-8-16-13(12)15/h2-9H,1H3,(H,18,19)/b17-9+. The molecule has 1 aromatic carbocycles. The molecule has 0 bridgehead atoms. The molecule has 0 aliphatic rings. The van der Waals surface area contributed by atoms with Gasteiger partial charge in [0.25, 0.3) is 5.91 Å². The van der Waals surface area contributed by atoms with Crippen molar-refractivity contribution in [2.75, 3.05) is 0 Å². The fourth-order valence-electron chi connectivity index (χ4n) is 1.43. The van der Waals surface area contributed by atoms with Crippen LogP contribution in [-0.2, 0) is 0 Å². The van der Waals surface area contributed by atoms with Crippen LogP contribution in [0.1, 0.15) is 21.5 Å². The van der Waals surface area contributed by atoms with E-state index in [1.165, 1.54) is 11.8 Å². The normalized spacial score (nSPS) is 10.6. The van der Waals surface area contributed by atoms with E-state index in [9.17, 15) is 4.79 Å². The summed E-state index contributed by atoms with van der Waals surface area (Å²) < 4.78 is 0. The van der Waals surface area contributed by atoms with Gasteiger partial charge in [-0.1, -0.05) is 41.4 Å². The number of hydrogen-bond donors (Lipinski definition) is 1. The lowest BCUT2D eigenvalue weighted by molar-refractivity contribution is 0.0955. The van der Waals surface area contributed by atoms with E-state index >= 15 is 0 Å². The number of hydrogen-bond acceptors (Lipinski definition) is 3. The summed E-state index contributed by atoms with van der Waals surface area (Å²) in [6.45, 7) is 2.01. The van der Waals surface area contributed by atoms with Crippen molar-refractivity contribution >= 4 is 23.7 Å². The summed E-state index contributed by atoms with van der Waals surface area (Å²) in [6.07, 6.45) is 3.09. The molecule has 0 aliphatic carbocycles. The van der Waals surface area contributed by atoms with Crippen molar-refractivity contribution in [2.24, 2.45) is 5.10 Å². The van der Waals surface area contributed by atoms with Crippen LogP contribution in [0, 0.1) is 6.92 Å². The molecule has 0 unspecified atom stereocenters. The lowest BCUT2D eigenvalue weighted by atomic mass is 10.2. The molecule has 0 saturated heterocycles. The first-order chi connectivity index (χ1) is 9.16. The average Bonchev–Trinajstić information content (AvgIpc) is 2.41. The highest BCUT2D eigenvalue weighted by atomic mass is 35.5. The number of benzene rings is 1. The minimum absolute atomic E-state index is 0.158. The summed E-state index contributed by atoms with van der Waals surface area (Å²) in [5.41, 5.74) is 4.78. The Bertz CT molecular complexity index is 608. The summed E-state index contributed by atoms with van der Waals surface area (Å²) in [4.78, 5) is 15.6. The van der Waals surface area contributed by atoms with E-state index in [2.05, 4.69) is 15.5 Å². The predicted molar refractivity (Wildman–Crippen MR) is 75.5 cm³/mol. The molecule has 0 atom stereocenters. The Labute approximate surface area is 116 Å². The van der Waals surface area contributed by atoms with Gasteiger partial charge in [0, 0.05) is 6.20 Å².